The molecule has 0 bridgehead atoms. The zero-order valence-electron chi connectivity index (χ0n) is 24.4. The van der Waals surface area contributed by atoms with Gasteiger partial charge in [-0.1, -0.05) is 56.3 Å². The molecule has 2 aromatic carbocycles. The minimum Gasteiger partial charge on any atom is -0.458 e. The maximum atomic E-state index is 14.2. The van der Waals surface area contributed by atoms with E-state index in [4.69, 9.17) is 13.8 Å². The number of nitrogens with zero attached hydrogens (tertiary/aromatic N) is 2. The Labute approximate surface area is 241 Å². The Morgan fingerprint density at radius 2 is 1.80 bits per heavy atom. The van der Waals surface area contributed by atoms with Crippen molar-refractivity contribution in [2.75, 3.05) is 26.8 Å². The van der Waals surface area contributed by atoms with Gasteiger partial charge in [-0.3, -0.25) is 19.6 Å². The van der Waals surface area contributed by atoms with Gasteiger partial charge in [0.25, 0.3) is 5.69 Å². The maximum Gasteiger partial charge on any atom is 0.360 e. The number of carbonyl (C=O) groups excluding carboxylic acids is 1. The largest absolute Gasteiger partial charge is 0.458 e. The molecule has 1 saturated heterocycles. The predicted octanol–water partition coefficient (Wildman–Crippen LogP) is 6.12. The molecular formula is C30H38N3O7P. The van der Waals surface area contributed by atoms with Gasteiger partial charge in [0.2, 0.25) is 0 Å². The Morgan fingerprint density at radius 3 is 2.44 bits per heavy atom. The summed E-state index contributed by atoms with van der Waals surface area (Å²) in [7, 11) is -1.94. The number of benzene rings is 2. The summed E-state index contributed by atoms with van der Waals surface area (Å²) in [6.07, 6.45) is -0.475. The molecule has 2 aliphatic heterocycles. The van der Waals surface area contributed by atoms with E-state index in [0.717, 1.165) is 5.56 Å². The van der Waals surface area contributed by atoms with Crippen LogP contribution in [0.1, 0.15) is 51.7 Å². The van der Waals surface area contributed by atoms with Crippen LogP contribution in [0.15, 0.2) is 76.9 Å². The number of ether oxygens (including phenoxy) is 1. The highest BCUT2D eigenvalue weighted by Crippen LogP contribution is 2.66. The molecular weight excluding hydrogens is 545 g/mol. The van der Waals surface area contributed by atoms with E-state index in [0.29, 0.717) is 30.0 Å². The summed E-state index contributed by atoms with van der Waals surface area (Å²) in [6.45, 7) is 10.7. The average Bonchev–Trinajstić information content (AvgIpc) is 2.90. The van der Waals surface area contributed by atoms with E-state index < -0.39 is 30.5 Å². The van der Waals surface area contributed by atoms with Crippen molar-refractivity contribution in [3.63, 3.8) is 0 Å². The summed E-state index contributed by atoms with van der Waals surface area (Å²) in [6, 6.07) is 16.0. The van der Waals surface area contributed by atoms with E-state index in [9.17, 15) is 19.5 Å². The number of dihydropyridines is 1. The number of carbonyl (C=O) groups is 1. The second kappa shape index (κ2) is 12.3. The van der Waals surface area contributed by atoms with E-state index in [1.807, 2.05) is 58.2 Å². The molecule has 0 amide bonds. The van der Waals surface area contributed by atoms with Gasteiger partial charge in [0, 0.05) is 42.0 Å². The fourth-order valence-electron chi connectivity index (χ4n) is 5.18. The van der Waals surface area contributed by atoms with Gasteiger partial charge < -0.3 is 19.1 Å². The Bertz CT molecular complexity index is 1410. The molecule has 2 aliphatic rings. The minimum absolute atomic E-state index is 0.149. The molecule has 0 aromatic heterocycles. The smallest absolute Gasteiger partial charge is 0.360 e. The Morgan fingerprint density at radius 1 is 1.15 bits per heavy atom. The number of hydrogen-bond donors (Lipinski definition) is 1. The summed E-state index contributed by atoms with van der Waals surface area (Å²) < 4.78 is 32.0. The van der Waals surface area contributed by atoms with Crippen LogP contribution in [-0.2, 0) is 29.7 Å². The van der Waals surface area contributed by atoms with Crippen molar-refractivity contribution in [2.24, 2.45) is 5.41 Å². The number of rotatable bonds is 9. The number of nitro groups is 1. The molecule has 4 rings (SSSR count). The number of likely N-dealkylation sites (N-methyl/N-ethyl adjacent to an activating group) is 1. The lowest BCUT2D eigenvalue weighted by atomic mass is 9.86. The molecule has 2 heterocycles. The molecule has 0 spiro atoms. The van der Waals surface area contributed by atoms with Crippen LogP contribution in [-0.4, -0.2) is 48.7 Å². The monoisotopic (exact) mass is 583 g/mol. The molecule has 0 aliphatic carbocycles. The van der Waals surface area contributed by atoms with Crippen molar-refractivity contribution >= 4 is 19.3 Å². The van der Waals surface area contributed by atoms with E-state index in [1.54, 1.807) is 26.0 Å². The summed E-state index contributed by atoms with van der Waals surface area (Å²) in [5, 5.41) is 15.1. The molecule has 2 unspecified atom stereocenters. The van der Waals surface area contributed by atoms with Crippen molar-refractivity contribution in [2.45, 2.75) is 53.2 Å². The maximum absolute atomic E-state index is 14.2. The second-order valence-electron chi connectivity index (χ2n) is 11.6. The zero-order chi connectivity index (χ0) is 29.9. The van der Waals surface area contributed by atoms with Gasteiger partial charge in [-0.2, -0.15) is 0 Å². The third kappa shape index (κ3) is 7.13. The summed E-state index contributed by atoms with van der Waals surface area (Å²) >= 11 is 0. The van der Waals surface area contributed by atoms with Gasteiger partial charge in [-0.15, -0.1) is 0 Å². The van der Waals surface area contributed by atoms with Crippen molar-refractivity contribution in [1.29, 1.82) is 0 Å². The average molecular weight is 584 g/mol. The van der Waals surface area contributed by atoms with Gasteiger partial charge in [0.15, 0.2) is 0 Å². The summed E-state index contributed by atoms with van der Waals surface area (Å²) in [4.78, 5) is 27.0. The first-order chi connectivity index (χ1) is 19.3. The molecule has 0 saturated carbocycles. The number of allylic oxidation sites excluding steroid dienone is 3. The minimum atomic E-state index is -3.89. The van der Waals surface area contributed by atoms with Crippen LogP contribution in [0.4, 0.5) is 5.69 Å². The standard InChI is InChI=1S/C30H38N3O7P/c1-20(16-32(6)17-23-11-8-7-9-12-23)40-29(34)26-21(2)31-22(3)28(41(37)38-18-30(4,5)19-39-41)27(26)24-13-10-14-25(15-24)33(35)36/h7-15,20,27,31H,16-19H2,1-6H3. The van der Waals surface area contributed by atoms with Crippen LogP contribution in [0.5, 0.6) is 0 Å². The van der Waals surface area contributed by atoms with Crippen LogP contribution in [0, 0.1) is 15.5 Å². The molecule has 41 heavy (non-hydrogen) atoms. The predicted molar refractivity (Wildman–Crippen MR) is 156 cm³/mol. The molecule has 1 N–H and O–H groups in total. The molecule has 0 radical (unpaired) electrons. The third-order valence-corrected chi connectivity index (χ3v) is 9.20. The number of esters is 1. The Balaban J connectivity index is 1.66. The molecule has 2 atom stereocenters. The highest BCUT2D eigenvalue weighted by atomic mass is 31.2. The van der Waals surface area contributed by atoms with Crippen molar-refractivity contribution in [3.8, 4) is 0 Å². The molecule has 2 aromatic rings. The van der Waals surface area contributed by atoms with Gasteiger partial charge in [-0.05, 0) is 38.9 Å². The van der Waals surface area contributed by atoms with Gasteiger partial charge in [-0.25, -0.2) is 4.79 Å². The third-order valence-electron chi connectivity index (χ3n) is 7.08. The van der Waals surface area contributed by atoms with Crippen LogP contribution in [0.25, 0.3) is 0 Å². The van der Waals surface area contributed by atoms with Crippen molar-refractivity contribution in [3.05, 3.63) is 98.1 Å². The first-order valence-electron chi connectivity index (χ1n) is 13.6. The van der Waals surface area contributed by atoms with Gasteiger partial charge in [0.1, 0.15) is 6.10 Å². The lowest BCUT2D eigenvalue weighted by Gasteiger charge is -2.39. The van der Waals surface area contributed by atoms with E-state index >= 15 is 0 Å². The zero-order valence-corrected chi connectivity index (χ0v) is 25.3. The van der Waals surface area contributed by atoms with Crippen molar-refractivity contribution in [1.82, 2.24) is 10.2 Å². The van der Waals surface area contributed by atoms with Gasteiger partial charge in [0.05, 0.1) is 34.9 Å². The Kier molecular flexibility index (Phi) is 9.19. The van der Waals surface area contributed by atoms with Crippen LogP contribution >= 0.6 is 7.60 Å². The van der Waals surface area contributed by atoms with E-state index in [1.165, 1.54) is 12.1 Å². The molecule has 11 heteroatoms. The fourth-order valence-corrected chi connectivity index (χ4v) is 7.63. The van der Waals surface area contributed by atoms with E-state index in [2.05, 4.69) is 10.2 Å². The van der Waals surface area contributed by atoms with Crippen LogP contribution < -0.4 is 5.32 Å². The molecule has 10 nitrogen and oxygen atoms in total. The van der Waals surface area contributed by atoms with Crippen LogP contribution in [0.2, 0.25) is 0 Å². The summed E-state index contributed by atoms with van der Waals surface area (Å²) in [5.74, 6) is -1.55. The lowest BCUT2D eigenvalue weighted by Crippen LogP contribution is -2.35. The number of hydrogen-bond acceptors (Lipinski definition) is 9. The number of non-ortho nitro benzene ring substituents is 1. The number of nitro benzene ring substituents is 1. The van der Waals surface area contributed by atoms with E-state index in [-0.39, 0.29) is 35.2 Å². The lowest BCUT2D eigenvalue weighted by molar-refractivity contribution is -0.384. The Hall–Kier alpha value is -3.30. The SMILES string of the molecule is CC1=C(C(=O)OC(C)CN(C)Cc2ccccc2)C(c2cccc([N+](=O)[O-])c2)C(P2(=O)OCC(C)(C)CO2)=C(C)N1. The highest BCUT2D eigenvalue weighted by molar-refractivity contribution is 7.58. The van der Waals surface area contributed by atoms with Crippen molar-refractivity contribution < 1.29 is 28.1 Å². The highest BCUT2D eigenvalue weighted by Gasteiger charge is 2.48. The molecule has 1 fully saturated rings. The second-order valence-corrected chi connectivity index (χ2v) is 13.6. The van der Waals surface area contributed by atoms with Gasteiger partial charge >= 0.3 is 13.6 Å². The topological polar surface area (TPSA) is 120 Å². The fraction of sp³-hybridized carbons (Fsp3) is 0.433. The first kappa shape index (κ1) is 30.7. The summed E-state index contributed by atoms with van der Waals surface area (Å²) in [5.41, 5.74) is 2.28. The first-order valence-corrected chi connectivity index (χ1v) is 15.1. The quantitative estimate of drug-likeness (QED) is 0.161. The normalized spacial score (nSPS) is 20.9. The molecule has 220 valence electrons. The number of nitrogens with one attached hydrogen (secondary N) is 1. The van der Waals surface area contributed by atoms with Crippen LogP contribution in [0.3, 0.4) is 0 Å².